The zero-order valence-electron chi connectivity index (χ0n) is 12.0. The first-order valence-corrected chi connectivity index (χ1v) is 7.48. The third kappa shape index (κ3) is 5.11. The third-order valence-corrected chi connectivity index (χ3v) is 3.77. The summed E-state index contributed by atoms with van der Waals surface area (Å²) < 4.78 is 5.91. The number of rotatable bonds is 5. The average molecular weight is 262 g/mol. The molecule has 2 N–H and O–H groups in total. The molecule has 1 unspecified atom stereocenters. The third-order valence-electron chi connectivity index (χ3n) is 3.77. The highest BCUT2D eigenvalue weighted by Gasteiger charge is 2.11. The van der Waals surface area contributed by atoms with Gasteiger partial charge in [0, 0.05) is 12.2 Å². The van der Waals surface area contributed by atoms with Crippen molar-refractivity contribution in [2.24, 2.45) is 0 Å². The fourth-order valence-corrected chi connectivity index (χ4v) is 2.56. The number of anilines is 1. The molecular weight excluding hydrogens is 236 g/mol. The molecule has 1 atom stereocenters. The first kappa shape index (κ1) is 14.2. The summed E-state index contributed by atoms with van der Waals surface area (Å²) in [5.74, 6) is 0.914. The Balaban J connectivity index is 1.71. The summed E-state index contributed by atoms with van der Waals surface area (Å²) in [6, 6.07) is 7.66. The molecule has 1 aliphatic heterocycles. The van der Waals surface area contributed by atoms with Crippen LogP contribution in [-0.2, 0) is 0 Å². The highest BCUT2D eigenvalue weighted by molar-refractivity contribution is 5.41. The first-order chi connectivity index (χ1) is 9.24. The fraction of sp³-hybridized carbons (Fsp3) is 0.625. The number of benzene rings is 1. The van der Waals surface area contributed by atoms with Crippen LogP contribution in [0.1, 0.15) is 39.0 Å². The van der Waals surface area contributed by atoms with Crippen molar-refractivity contribution in [3.8, 4) is 5.75 Å². The lowest BCUT2D eigenvalue weighted by molar-refractivity contribution is 0.178. The lowest BCUT2D eigenvalue weighted by Gasteiger charge is -2.22. The average Bonchev–Trinajstić information content (AvgIpc) is 2.68. The van der Waals surface area contributed by atoms with Gasteiger partial charge in [0.15, 0.2) is 0 Å². The molecule has 0 aliphatic carbocycles. The summed E-state index contributed by atoms with van der Waals surface area (Å²) in [4.78, 5) is 2.58. The second-order valence-corrected chi connectivity index (χ2v) is 5.54. The maximum Gasteiger partial charge on any atom is 0.119 e. The van der Waals surface area contributed by atoms with Crippen LogP contribution in [-0.4, -0.2) is 30.6 Å². The van der Waals surface area contributed by atoms with Gasteiger partial charge in [-0.1, -0.05) is 12.8 Å². The van der Waals surface area contributed by atoms with E-state index in [1.165, 1.54) is 38.8 Å². The van der Waals surface area contributed by atoms with Gasteiger partial charge in [-0.05, 0) is 63.5 Å². The van der Waals surface area contributed by atoms with Gasteiger partial charge >= 0.3 is 0 Å². The van der Waals surface area contributed by atoms with Crippen LogP contribution >= 0.6 is 0 Å². The molecule has 106 valence electrons. The van der Waals surface area contributed by atoms with E-state index in [1.807, 2.05) is 24.3 Å². The van der Waals surface area contributed by atoms with Crippen LogP contribution in [0.25, 0.3) is 0 Å². The molecule has 0 amide bonds. The molecule has 1 heterocycles. The first-order valence-electron chi connectivity index (χ1n) is 7.48. The summed E-state index contributed by atoms with van der Waals surface area (Å²) >= 11 is 0. The number of nitrogens with two attached hydrogens (primary N) is 1. The molecule has 1 aromatic rings. The number of nitrogen functional groups attached to an aromatic ring is 1. The van der Waals surface area contributed by atoms with Crippen molar-refractivity contribution < 1.29 is 4.74 Å². The van der Waals surface area contributed by atoms with Crippen molar-refractivity contribution in [3.63, 3.8) is 0 Å². The smallest absolute Gasteiger partial charge is 0.119 e. The van der Waals surface area contributed by atoms with Gasteiger partial charge in [0.2, 0.25) is 0 Å². The predicted molar refractivity (Wildman–Crippen MR) is 80.5 cm³/mol. The predicted octanol–water partition coefficient (Wildman–Crippen LogP) is 3.30. The number of likely N-dealkylation sites (tertiary alicyclic amines) is 1. The number of hydrogen-bond donors (Lipinski definition) is 1. The minimum Gasteiger partial charge on any atom is -0.491 e. The van der Waals surface area contributed by atoms with Crippen LogP contribution < -0.4 is 10.5 Å². The Bertz CT molecular complexity index is 356. The maximum absolute atomic E-state index is 5.91. The summed E-state index contributed by atoms with van der Waals surface area (Å²) in [5, 5.41) is 0. The Morgan fingerprint density at radius 1 is 1.11 bits per heavy atom. The minimum atomic E-state index is 0.256. The Labute approximate surface area is 116 Å². The van der Waals surface area contributed by atoms with Crippen molar-refractivity contribution in [3.05, 3.63) is 24.3 Å². The fourth-order valence-electron chi connectivity index (χ4n) is 2.56. The summed E-state index contributed by atoms with van der Waals surface area (Å²) in [6.45, 7) is 5.81. The molecule has 1 fully saturated rings. The normalized spacial score (nSPS) is 18.8. The summed E-state index contributed by atoms with van der Waals surface area (Å²) in [5.41, 5.74) is 6.45. The largest absolute Gasteiger partial charge is 0.491 e. The van der Waals surface area contributed by atoms with E-state index in [1.54, 1.807) is 0 Å². The van der Waals surface area contributed by atoms with Gasteiger partial charge in [-0.15, -0.1) is 0 Å². The molecule has 3 heteroatoms. The second-order valence-electron chi connectivity index (χ2n) is 5.54. The van der Waals surface area contributed by atoms with Gasteiger partial charge in [0.25, 0.3) is 0 Å². The molecule has 0 aromatic heterocycles. The van der Waals surface area contributed by atoms with E-state index in [2.05, 4.69) is 11.8 Å². The lowest BCUT2D eigenvalue weighted by atomic mass is 10.2. The monoisotopic (exact) mass is 262 g/mol. The van der Waals surface area contributed by atoms with Crippen LogP contribution in [0.15, 0.2) is 24.3 Å². The van der Waals surface area contributed by atoms with Gasteiger partial charge in [-0.25, -0.2) is 0 Å². The molecule has 19 heavy (non-hydrogen) atoms. The van der Waals surface area contributed by atoms with E-state index < -0.39 is 0 Å². The number of ether oxygens (including phenoxy) is 1. The zero-order valence-corrected chi connectivity index (χ0v) is 12.0. The summed E-state index contributed by atoms with van der Waals surface area (Å²) in [6.07, 6.45) is 6.85. The summed E-state index contributed by atoms with van der Waals surface area (Å²) in [7, 11) is 0. The van der Waals surface area contributed by atoms with Crippen LogP contribution in [0.3, 0.4) is 0 Å². The molecule has 0 saturated carbocycles. The molecule has 3 nitrogen and oxygen atoms in total. The highest BCUT2D eigenvalue weighted by atomic mass is 16.5. The Morgan fingerprint density at radius 3 is 2.37 bits per heavy atom. The molecule has 0 bridgehead atoms. The van der Waals surface area contributed by atoms with Crippen LogP contribution in [0.5, 0.6) is 5.75 Å². The maximum atomic E-state index is 5.91. The Morgan fingerprint density at radius 2 is 1.74 bits per heavy atom. The van der Waals surface area contributed by atoms with Crippen molar-refractivity contribution in [2.75, 3.05) is 25.4 Å². The molecular formula is C16H26N2O. The van der Waals surface area contributed by atoms with Gasteiger partial charge in [0.05, 0.1) is 6.10 Å². The molecule has 2 rings (SSSR count). The van der Waals surface area contributed by atoms with E-state index in [-0.39, 0.29) is 6.10 Å². The van der Waals surface area contributed by atoms with Crippen molar-refractivity contribution in [1.82, 2.24) is 4.90 Å². The quantitative estimate of drug-likeness (QED) is 0.827. The van der Waals surface area contributed by atoms with E-state index in [4.69, 9.17) is 10.5 Å². The molecule has 1 aromatic carbocycles. The highest BCUT2D eigenvalue weighted by Crippen LogP contribution is 2.16. The van der Waals surface area contributed by atoms with Crippen LogP contribution in [0, 0.1) is 0 Å². The van der Waals surface area contributed by atoms with Crippen molar-refractivity contribution >= 4 is 5.69 Å². The van der Waals surface area contributed by atoms with Crippen LogP contribution in [0.4, 0.5) is 5.69 Å². The Hall–Kier alpha value is -1.22. The van der Waals surface area contributed by atoms with Crippen molar-refractivity contribution in [2.45, 2.75) is 45.1 Å². The zero-order chi connectivity index (χ0) is 13.5. The van der Waals surface area contributed by atoms with E-state index >= 15 is 0 Å². The minimum absolute atomic E-state index is 0.256. The lowest BCUT2D eigenvalue weighted by Crippen LogP contribution is -2.29. The van der Waals surface area contributed by atoms with Gasteiger partial charge in [-0.3, -0.25) is 0 Å². The molecule has 1 aliphatic rings. The van der Waals surface area contributed by atoms with Gasteiger partial charge in [-0.2, -0.15) is 0 Å². The van der Waals surface area contributed by atoms with Gasteiger partial charge in [0.1, 0.15) is 5.75 Å². The van der Waals surface area contributed by atoms with Crippen molar-refractivity contribution in [1.29, 1.82) is 0 Å². The number of hydrogen-bond acceptors (Lipinski definition) is 3. The SMILES string of the molecule is CC(CCN1CCCCCC1)Oc1ccc(N)cc1. The standard InChI is InChI=1S/C16H26N2O/c1-14(19-16-8-6-15(17)7-9-16)10-13-18-11-4-2-3-5-12-18/h6-9,14H,2-5,10-13,17H2,1H3. The molecule has 1 saturated heterocycles. The molecule has 0 spiro atoms. The van der Waals surface area contributed by atoms with E-state index in [0.717, 1.165) is 24.4 Å². The number of nitrogens with zero attached hydrogens (tertiary/aromatic N) is 1. The van der Waals surface area contributed by atoms with Crippen LogP contribution in [0.2, 0.25) is 0 Å². The second kappa shape index (κ2) is 7.39. The molecule has 0 radical (unpaired) electrons. The Kier molecular flexibility index (Phi) is 5.52. The van der Waals surface area contributed by atoms with E-state index in [9.17, 15) is 0 Å². The van der Waals surface area contributed by atoms with Gasteiger partial charge < -0.3 is 15.4 Å². The van der Waals surface area contributed by atoms with E-state index in [0.29, 0.717) is 0 Å². The topological polar surface area (TPSA) is 38.5 Å².